The molecule has 0 bridgehead atoms. The van der Waals surface area contributed by atoms with Crippen LogP contribution in [0, 0.1) is 5.82 Å². The molecule has 7 nitrogen and oxygen atoms in total. The van der Waals surface area contributed by atoms with E-state index in [1.165, 1.54) is 34.8 Å². The van der Waals surface area contributed by atoms with E-state index >= 15 is 0 Å². The Hall–Kier alpha value is -2.95. The van der Waals surface area contributed by atoms with Crippen molar-refractivity contribution in [1.82, 2.24) is 20.2 Å². The van der Waals surface area contributed by atoms with Crippen molar-refractivity contribution in [2.45, 2.75) is 6.54 Å². The number of hydrogen-bond donors (Lipinski definition) is 3. The van der Waals surface area contributed by atoms with E-state index in [2.05, 4.69) is 25.5 Å². The molecule has 4 aromatic rings. The van der Waals surface area contributed by atoms with E-state index in [0.717, 1.165) is 5.56 Å². The lowest BCUT2D eigenvalue weighted by atomic mass is 10.0. The number of aromatic nitrogens is 4. The summed E-state index contributed by atoms with van der Waals surface area (Å²) >= 11 is 2.71. The van der Waals surface area contributed by atoms with Crippen molar-refractivity contribution >= 4 is 34.3 Å². The van der Waals surface area contributed by atoms with Gasteiger partial charge in [0.1, 0.15) is 16.5 Å². The van der Waals surface area contributed by atoms with Crippen molar-refractivity contribution in [3.8, 4) is 21.8 Å². The number of benzene rings is 1. The van der Waals surface area contributed by atoms with E-state index in [-0.39, 0.29) is 12.2 Å². The molecule has 0 aliphatic heterocycles. The molecule has 136 valence electrons. The quantitative estimate of drug-likeness (QED) is 0.475. The SMILES string of the molecule is NCc1c(F)ccc(NC(=O)c2csc(-c3cn[nH]c3)n2)c1-c1cscn1. The summed E-state index contributed by atoms with van der Waals surface area (Å²) < 4.78 is 14.2. The highest BCUT2D eigenvalue weighted by atomic mass is 32.1. The fourth-order valence-electron chi connectivity index (χ4n) is 2.62. The number of nitrogens with two attached hydrogens (primary N) is 1. The van der Waals surface area contributed by atoms with E-state index in [4.69, 9.17) is 5.73 Å². The number of hydrogen-bond acceptors (Lipinski definition) is 7. The van der Waals surface area contributed by atoms with Crippen LogP contribution in [0.5, 0.6) is 0 Å². The molecule has 3 aromatic heterocycles. The number of anilines is 1. The van der Waals surface area contributed by atoms with Crippen LogP contribution in [-0.4, -0.2) is 26.1 Å². The number of nitrogens with one attached hydrogen (secondary N) is 2. The standard InChI is InChI=1S/C17H13FN6OS2/c18-11-1-2-12(15(10(11)3-19)13-6-26-8-20-13)23-16(25)14-7-27-17(24-14)9-4-21-22-5-9/h1-2,4-8H,3,19H2,(H,21,22)(H,23,25). The minimum atomic E-state index is -0.436. The Balaban J connectivity index is 1.68. The highest BCUT2D eigenvalue weighted by molar-refractivity contribution is 7.13. The van der Waals surface area contributed by atoms with Gasteiger partial charge in [-0.05, 0) is 12.1 Å². The first kappa shape index (κ1) is 17.5. The Labute approximate surface area is 161 Å². The number of thiazole rings is 2. The summed E-state index contributed by atoms with van der Waals surface area (Å²) in [6.07, 6.45) is 3.34. The Kier molecular flexibility index (Phi) is 4.75. The van der Waals surface area contributed by atoms with Gasteiger partial charge in [0.25, 0.3) is 5.91 Å². The topological polar surface area (TPSA) is 110 Å². The van der Waals surface area contributed by atoms with E-state index < -0.39 is 11.7 Å². The first-order valence-corrected chi connectivity index (χ1v) is 9.65. The molecule has 0 atom stereocenters. The van der Waals surface area contributed by atoms with E-state index in [1.54, 1.807) is 28.7 Å². The molecule has 0 aliphatic rings. The molecule has 1 amide bonds. The number of halogens is 1. The third-order valence-electron chi connectivity index (χ3n) is 3.88. The summed E-state index contributed by atoms with van der Waals surface area (Å²) in [4.78, 5) is 21.2. The summed E-state index contributed by atoms with van der Waals surface area (Å²) in [5.41, 5.74) is 10.2. The summed E-state index contributed by atoms with van der Waals surface area (Å²) in [5.74, 6) is -0.832. The number of nitrogens with zero attached hydrogens (tertiary/aromatic N) is 3. The molecule has 27 heavy (non-hydrogen) atoms. The Morgan fingerprint density at radius 2 is 2.22 bits per heavy atom. The molecule has 0 spiro atoms. The summed E-state index contributed by atoms with van der Waals surface area (Å²) in [7, 11) is 0. The Morgan fingerprint density at radius 3 is 2.93 bits per heavy atom. The van der Waals surface area contributed by atoms with Gasteiger partial charge < -0.3 is 11.1 Å². The van der Waals surface area contributed by atoms with Crippen molar-refractivity contribution in [1.29, 1.82) is 0 Å². The third-order valence-corrected chi connectivity index (χ3v) is 5.36. The molecule has 1 aromatic carbocycles. The predicted molar refractivity (Wildman–Crippen MR) is 103 cm³/mol. The number of aromatic amines is 1. The second kappa shape index (κ2) is 7.35. The van der Waals surface area contributed by atoms with E-state index in [9.17, 15) is 9.18 Å². The van der Waals surface area contributed by atoms with Crippen LogP contribution in [0.15, 0.2) is 40.8 Å². The number of amides is 1. The molecular weight excluding hydrogens is 387 g/mol. The summed E-state index contributed by atoms with van der Waals surface area (Å²) in [5, 5.41) is 13.5. The zero-order valence-electron chi connectivity index (χ0n) is 13.8. The Morgan fingerprint density at radius 1 is 1.33 bits per heavy atom. The van der Waals surface area contributed by atoms with Gasteiger partial charge >= 0.3 is 0 Å². The molecule has 10 heteroatoms. The number of carbonyl (C=O) groups excluding carboxylic acids is 1. The maximum atomic E-state index is 14.2. The second-order valence-electron chi connectivity index (χ2n) is 5.51. The fourth-order valence-corrected chi connectivity index (χ4v) is 3.94. The van der Waals surface area contributed by atoms with Gasteiger partial charge in [-0.1, -0.05) is 0 Å². The highest BCUT2D eigenvalue weighted by Crippen LogP contribution is 2.33. The molecule has 4 N–H and O–H groups in total. The van der Waals surface area contributed by atoms with Gasteiger partial charge in [0.05, 0.1) is 23.1 Å². The lowest BCUT2D eigenvalue weighted by molar-refractivity contribution is 0.102. The maximum absolute atomic E-state index is 14.2. The van der Waals surface area contributed by atoms with Crippen molar-refractivity contribution in [2.75, 3.05) is 5.32 Å². The smallest absolute Gasteiger partial charge is 0.275 e. The highest BCUT2D eigenvalue weighted by Gasteiger charge is 2.19. The number of H-pyrrole nitrogens is 1. The largest absolute Gasteiger partial charge is 0.326 e. The van der Waals surface area contributed by atoms with Crippen molar-refractivity contribution in [2.24, 2.45) is 5.73 Å². The van der Waals surface area contributed by atoms with Crippen molar-refractivity contribution < 1.29 is 9.18 Å². The molecule has 3 heterocycles. The van der Waals surface area contributed by atoms with Gasteiger partial charge in [0, 0.05) is 40.2 Å². The summed E-state index contributed by atoms with van der Waals surface area (Å²) in [6, 6.07) is 2.79. The van der Waals surface area contributed by atoms with Crippen LogP contribution in [0.1, 0.15) is 16.1 Å². The van der Waals surface area contributed by atoms with Crippen LogP contribution >= 0.6 is 22.7 Å². The minimum absolute atomic E-state index is 0.0102. The number of rotatable bonds is 5. The van der Waals surface area contributed by atoms with Crippen LogP contribution in [-0.2, 0) is 6.54 Å². The van der Waals surface area contributed by atoms with Gasteiger partial charge in [-0.3, -0.25) is 9.89 Å². The molecule has 0 fully saturated rings. The monoisotopic (exact) mass is 400 g/mol. The second-order valence-corrected chi connectivity index (χ2v) is 7.08. The predicted octanol–water partition coefficient (Wildman–Crippen LogP) is 3.51. The molecule has 0 radical (unpaired) electrons. The van der Waals surface area contributed by atoms with Gasteiger partial charge in [-0.15, -0.1) is 22.7 Å². The molecular formula is C17H13FN6OS2. The van der Waals surface area contributed by atoms with Gasteiger partial charge in [0.15, 0.2) is 0 Å². The molecule has 0 unspecified atom stereocenters. The first-order valence-electron chi connectivity index (χ1n) is 7.83. The van der Waals surface area contributed by atoms with Crippen molar-refractivity contribution in [3.63, 3.8) is 0 Å². The van der Waals surface area contributed by atoms with Gasteiger partial charge in [-0.2, -0.15) is 5.10 Å². The molecule has 4 rings (SSSR count). The van der Waals surface area contributed by atoms with Gasteiger partial charge in [0.2, 0.25) is 0 Å². The van der Waals surface area contributed by atoms with Crippen LogP contribution in [0.25, 0.3) is 21.8 Å². The molecule has 0 saturated heterocycles. The zero-order valence-corrected chi connectivity index (χ0v) is 15.4. The first-order chi connectivity index (χ1) is 13.2. The van der Waals surface area contributed by atoms with E-state index in [1.807, 2.05) is 0 Å². The maximum Gasteiger partial charge on any atom is 0.275 e. The average Bonchev–Trinajstić information content (AvgIpc) is 3.42. The molecule has 0 aliphatic carbocycles. The lowest BCUT2D eigenvalue weighted by Crippen LogP contribution is -2.15. The Bertz CT molecular complexity index is 1080. The van der Waals surface area contributed by atoms with Crippen LogP contribution in [0.4, 0.5) is 10.1 Å². The summed E-state index contributed by atoms with van der Waals surface area (Å²) in [6.45, 7) is -0.0102. The van der Waals surface area contributed by atoms with Crippen LogP contribution < -0.4 is 11.1 Å². The van der Waals surface area contributed by atoms with Crippen LogP contribution in [0.2, 0.25) is 0 Å². The normalized spacial score (nSPS) is 10.9. The lowest BCUT2D eigenvalue weighted by Gasteiger charge is -2.14. The van der Waals surface area contributed by atoms with Crippen molar-refractivity contribution in [3.05, 3.63) is 57.9 Å². The average molecular weight is 400 g/mol. The zero-order chi connectivity index (χ0) is 18.8. The minimum Gasteiger partial charge on any atom is -0.326 e. The van der Waals surface area contributed by atoms with Gasteiger partial charge in [-0.25, -0.2) is 14.4 Å². The fraction of sp³-hybridized carbons (Fsp3) is 0.0588. The third kappa shape index (κ3) is 3.37. The number of carbonyl (C=O) groups is 1. The van der Waals surface area contributed by atoms with Crippen LogP contribution in [0.3, 0.4) is 0 Å². The van der Waals surface area contributed by atoms with E-state index in [0.29, 0.717) is 27.5 Å². The molecule has 0 saturated carbocycles.